The van der Waals surface area contributed by atoms with Crippen molar-refractivity contribution in [2.45, 2.75) is 46.1 Å². The van der Waals surface area contributed by atoms with E-state index in [1.54, 1.807) is 0 Å². The number of nitrogens with one attached hydrogen (secondary N) is 1. The summed E-state index contributed by atoms with van der Waals surface area (Å²) in [6.07, 6.45) is 1.59. The zero-order valence-corrected chi connectivity index (χ0v) is 12.9. The average Bonchev–Trinajstić information content (AvgIpc) is 2.74. The number of carbonyl (C=O) groups is 2. The largest absolute Gasteiger partial charge is 0.481 e. The summed E-state index contributed by atoms with van der Waals surface area (Å²) >= 11 is 0. The third-order valence-electron chi connectivity index (χ3n) is 3.46. The number of aryl methyl sites for hydroxylation is 2. The highest BCUT2D eigenvalue weighted by Gasteiger charge is 2.09. The van der Waals surface area contributed by atoms with Crippen LogP contribution in [0.1, 0.15) is 38.4 Å². The number of carboxylic acid groups (broad SMARTS) is 1. The number of hydrogen-bond donors (Lipinski definition) is 2. The molecule has 2 aromatic rings. The zero-order valence-electron chi connectivity index (χ0n) is 12.9. The molecule has 0 aliphatic heterocycles. The van der Waals surface area contributed by atoms with Crippen molar-refractivity contribution in [2.75, 3.05) is 5.32 Å². The molecule has 2 rings (SSSR count). The minimum Gasteiger partial charge on any atom is -0.481 e. The number of aromatic nitrogens is 2. The van der Waals surface area contributed by atoms with Crippen molar-refractivity contribution in [3.63, 3.8) is 0 Å². The van der Waals surface area contributed by atoms with E-state index in [9.17, 15) is 9.59 Å². The molecule has 0 aliphatic carbocycles. The molecule has 118 valence electrons. The number of imidazole rings is 1. The maximum absolute atomic E-state index is 11.8. The molecule has 2 N–H and O–H groups in total. The molecule has 0 saturated heterocycles. The minimum absolute atomic E-state index is 0.00702. The van der Waals surface area contributed by atoms with E-state index in [1.165, 1.54) is 0 Å². The number of anilines is 1. The lowest BCUT2D eigenvalue weighted by molar-refractivity contribution is -0.137. The molecule has 1 heterocycles. The van der Waals surface area contributed by atoms with E-state index >= 15 is 0 Å². The Morgan fingerprint density at radius 2 is 2.09 bits per heavy atom. The van der Waals surface area contributed by atoms with Crippen LogP contribution < -0.4 is 5.32 Å². The normalized spacial score (nSPS) is 10.8. The van der Waals surface area contributed by atoms with E-state index in [4.69, 9.17) is 5.11 Å². The molecule has 0 unspecified atom stereocenters. The smallest absolute Gasteiger partial charge is 0.303 e. The van der Waals surface area contributed by atoms with Crippen LogP contribution in [0.4, 0.5) is 5.69 Å². The number of carbonyl (C=O) groups excluding carboxylic acids is 1. The van der Waals surface area contributed by atoms with Crippen LogP contribution in [-0.4, -0.2) is 26.5 Å². The van der Waals surface area contributed by atoms with Gasteiger partial charge in [0.25, 0.3) is 0 Å². The maximum Gasteiger partial charge on any atom is 0.303 e. The van der Waals surface area contributed by atoms with E-state index < -0.39 is 5.97 Å². The second-order valence-corrected chi connectivity index (χ2v) is 5.31. The predicted octanol–water partition coefficient (Wildman–Crippen LogP) is 2.95. The van der Waals surface area contributed by atoms with Crippen molar-refractivity contribution in [3.05, 3.63) is 24.0 Å². The highest BCUT2D eigenvalue weighted by atomic mass is 16.4. The van der Waals surface area contributed by atoms with Crippen LogP contribution in [0.3, 0.4) is 0 Å². The van der Waals surface area contributed by atoms with Gasteiger partial charge in [0.15, 0.2) is 0 Å². The first-order valence-electron chi connectivity index (χ1n) is 7.49. The molecule has 6 heteroatoms. The Morgan fingerprint density at radius 3 is 2.77 bits per heavy atom. The fraction of sp³-hybridized carbons (Fsp3) is 0.438. The Morgan fingerprint density at radius 1 is 1.32 bits per heavy atom. The van der Waals surface area contributed by atoms with Crippen molar-refractivity contribution in [1.82, 2.24) is 9.55 Å². The van der Waals surface area contributed by atoms with Crippen molar-refractivity contribution in [1.29, 1.82) is 0 Å². The van der Waals surface area contributed by atoms with E-state index in [0.717, 1.165) is 29.8 Å². The van der Waals surface area contributed by atoms with E-state index in [-0.39, 0.29) is 18.7 Å². The second-order valence-electron chi connectivity index (χ2n) is 5.31. The van der Waals surface area contributed by atoms with E-state index in [2.05, 4.69) is 21.8 Å². The Bertz CT molecular complexity index is 691. The first kappa shape index (κ1) is 16.0. The van der Waals surface area contributed by atoms with Gasteiger partial charge in [-0.25, -0.2) is 4.98 Å². The zero-order chi connectivity index (χ0) is 16.1. The van der Waals surface area contributed by atoms with Crippen LogP contribution in [0.15, 0.2) is 18.2 Å². The third kappa shape index (κ3) is 3.84. The molecular weight excluding hydrogens is 282 g/mol. The van der Waals surface area contributed by atoms with Gasteiger partial charge in [-0.05, 0) is 38.0 Å². The molecule has 0 aliphatic rings. The summed E-state index contributed by atoms with van der Waals surface area (Å²) in [5.41, 5.74) is 2.60. The van der Waals surface area contributed by atoms with Crippen LogP contribution in [0.5, 0.6) is 0 Å². The fourth-order valence-electron chi connectivity index (χ4n) is 2.46. The van der Waals surface area contributed by atoms with Gasteiger partial charge in [0, 0.05) is 25.1 Å². The number of amides is 1. The molecule has 0 atom stereocenters. The van der Waals surface area contributed by atoms with E-state index in [0.29, 0.717) is 12.1 Å². The summed E-state index contributed by atoms with van der Waals surface area (Å²) in [4.78, 5) is 26.7. The average molecular weight is 303 g/mol. The summed E-state index contributed by atoms with van der Waals surface area (Å²) in [7, 11) is 0. The van der Waals surface area contributed by atoms with Gasteiger partial charge in [-0.3, -0.25) is 9.59 Å². The van der Waals surface area contributed by atoms with Gasteiger partial charge in [0.2, 0.25) is 5.91 Å². The third-order valence-corrected chi connectivity index (χ3v) is 3.46. The number of fused-ring (bicyclic) bond motifs is 1. The van der Waals surface area contributed by atoms with Crippen LogP contribution in [0.25, 0.3) is 11.0 Å². The molecule has 6 nitrogen and oxygen atoms in total. The molecule has 22 heavy (non-hydrogen) atoms. The van der Waals surface area contributed by atoms with Crippen LogP contribution in [-0.2, 0) is 16.1 Å². The fourth-order valence-corrected chi connectivity index (χ4v) is 2.46. The summed E-state index contributed by atoms with van der Waals surface area (Å²) in [5, 5.41) is 11.4. The molecule has 1 aromatic carbocycles. The lowest BCUT2D eigenvalue weighted by atomic mass is 10.2. The number of benzene rings is 1. The van der Waals surface area contributed by atoms with Gasteiger partial charge in [-0.15, -0.1) is 0 Å². The summed E-state index contributed by atoms with van der Waals surface area (Å²) in [6, 6.07) is 5.66. The van der Waals surface area contributed by atoms with Gasteiger partial charge in [-0.1, -0.05) is 6.92 Å². The molecule has 0 fully saturated rings. The number of hydrogen-bond acceptors (Lipinski definition) is 3. The number of aliphatic carboxylic acids is 1. The Hall–Kier alpha value is -2.37. The predicted molar refractivity (Wildman–Crippen MR) is 84.9 cm³/mol. The maximum atomic E-state index is 11.8. The van der Waals surface area contributed by atoms with Gasteiger partial charge in [0.05, 0.1) is 11.0 Å². The first-order chi connectivity index (χ1) is 10.5. The van der Waals surface area contributed by atoms with Gasteiger partial charge in [0.1, 0.15) is 5.82 Å². The molecule has 1 amide bonds. The highest BCUT2D eigenvalue weighted by Crippen LogP contribution is 2.21. The lowest BCUT2D eigenvalue weighted by Crippen LogP contribution is -2.11. The Labute approximate surface area is 129 Å². The van der Waals surface area contributed by atoms with Gasteiger partial charge < -0.3 is 15.0 Å². The number of nitrogens with zero attached hydrogens (tertiary/aromatic N) is 2. The highest BCUT2D eigenvalue weighted by molar-refractivity contribution is 5.93. The number of carboxylic acids is 1. The van der Waals surface area contributed by atoms with Crippen LogP contribution >= 0.6 is 0 Å². The molecule has 0 radical (unpaired) electrons. The minimum atomic E-state index is -0.883. The SMILES string of the molecule is CCCn1c(C)nc2cc(NC(=O)CCCC(=O)O)ccc21. The van der Waals surface area contributed by atoms with Crippen molar-refractivity contribution < 1.29 is 14.7 Å². The molecule has 0 saturated carbocycles. The lowest BCUT2D eigenvalue weighted by Gasteiger charge is -2.06. The van der Waals surface area contributed by atoms with Crippen LogP contribution in [0.2, 0.25) is 0 Å². The molecule has 1 aromatic heterocycles. The molecular formula is C16H21N3O3. The quantitative estimate of drug-likeness (QED) is 0.823. The summed E-state index contributed by atoms with van der Waals surface area (Å²) in [6.45, 7) is 5.01. The van der Waals surface area contributed by atoms with Crippen molar-refractivity contribution >= 4 is 28.6 Å². The van der Waals surface area contributed by atoms with Crippen molar-refractivity contribution in [3.8, 4) is 0 Å². The summed E-state index contributed by atoms with van der Waals surface area (Å²) < 4.78 is 2.16. The number of rotatable bonds is 7. The van der Waals surface area contributed by atoms with Gasteiger partial charge >= 0.3 is 5.97 Å². The first-order valence-corrected chi connectivity index (χ1v) is 7.49. The van der Waals surface area contributed by atoms with E-state index in [1.807, 2.05) is 25.1 Å². The summed E-state index contributed by atoms with van der Waals surface area (Å²) in [5.74, 6) is -0.0988. The Balaban J connectivity index is 2.06. The molecule has 0 spiro atoms. The monoisotopic (exact) mass is 303 g/mol. The second kappa shape index (κ2) is 7.06. The topological polar surface area (TPSA) is 84.2 Å². The molecule has 0 bridgehead atoms. The van der Waals surface area contributed by atoms with Crippen LogP contribution in [0, 0.1) is 6.92 Å². The van der Waals surface area contributed by atoms with Gasteiger partial charge in [-0.2, -0.15) is 0 Å². The Kier molecular flexibility index (Phi) is 5.14. The standard InChI is InChI=1S/C16H21N3O3/c1-3-9-19-11(2)17-13-10-12(7-8-14(13)19)18-15(20)5-4-6-16(21)22/h7-8,10H,3-6,9H2,1-2H3,(H,18,20)(H,21,22). The van der Waals surface area contributed by atoms with Crippen molar-refractivity contribution in [2.24, 2.45) is 0 Å².